The van der Waals surface area contributed by atoms with Gasteiger partial charge in [0.05, 0.1) is 12.1 Å². The van der Waals surface area contributed by atoms with Crippen molar-refractivity contribution in [1.29, 1.82) is 0 Å². The van der Waals surface area contributed by atoms with Crippen LogP contribution in [0.15, 0.2) is 22.8 Å². The predicted molar refractivity (Wildman–Crippen MR) is 66.0 cm³/mol. The van der Waals surface area contributed by atoms with Crippen LogP contribution in [0.5, 0.6) is 0 Å². The van der Waals surface area contributed by atoms with E-state index in [-0.39, 0.29) is 12.1 Å². The van der Waals surface area contributed by atoms with Crippen LogP contribution in [0.3, 0.4) is 0 Å². The van der Waals surface area contributed by atoms with E-state index in [9.17, 15) is 5.11 Å². The average Bonchev–Trinajstić information content (AvgIpc) is 2.29. The molecule has 1 heterocycles. The first-order valence-corrected chi connectivity index (χ1v) is 5.95. The molecular weight excluding hydrogens is 256 g/mol. The second-order valence-electron chi connectivity index (χ2n) is 3.63. The topological polar surface area (TPSA) is 45.1 Å². The first-order chi connectivity index (χ1) is 7.15. The molecule has 0 spiro atoms. The molecule has 1 rings (SSSR count). The summed E-state index contributed by atoms with van der Waals surface area (Å²) in [6, 6.07) is 3.84. The minimum Gasteiger partial charge on any atom is -0.394 e. The Morgan fingerprint density at radius 2 is 2.07 bits per heavy atom. The van der Waals surface area contributed by atoms with Crippen LogP contribution < -0.4 is 5.32 Å². The molecule has 0 atom stereocenters. The van der Waals surface area contributed by atoms with Gasteiger partial charge in [-0.05, 0) is 40.9 Å². The zero-order chi connectivity index (χ0) is 11.3. The minimum absolute atomic E-state index is 0.123. The molecule has 0 aliphatic carbocycles. The van der Waals surface area contributed by atoms with Gasteiger partial charge < -0.3 is 10.4 Å². The summed E-state index contributed by atoms with van der Waals surface area (Å²) in [6.45, 7) is 4.24. The number of hydrogen-bond acceptors (Lipinski definition) is 3. The standard InChI is InChI=1S/C11H17BrN2O/c1-3-11(4-2,8-15)14-10-6-5-9(12)7-13-10/h5-7,15H,3-4,8H2,1-2H3,(H,13,14). The van der Waals surface area contributed by atoms with Crippen molar-refractivity contribution in [2.24, 2.45) is 0 Å². The molecule has 0 aliphatic heterocycles. The summed E-state index contributed by atoms with van der Waals surface area (Å²) < 4.78 is 0.954. The molecule has 0 aromatic carbocycles. The lowest BCUT2D eigenvalue weighted by atomic mass is 9.94. The molecule has 84 valence electrons. The van der Waals surface area contributed by atoms with Crippen LogP contribution >= 0.6 is 15.9 Å². The first-order valence-electron chi connectivity index (χ1n) is 5.16. The number of nitrogens with zero attached hydrogens (tertiary/aromatic N) is 1. The summed E-state index contributed by atoms with van der Waals surface area (Å²) in [5, 5.41) is 12.7. The summed E-state index contributed by atoms with van der Waals surface area (Å²) in [5.41, 5.74) is -0.249. The number of halogens is 1. The highest BCUT2D eigenvalue weighted by Gasteiger charge is 2.24. The largest absolute Gasteiger partial charge is 0.394 e. The molecule has 2 N–H and O–H groups in total. The van der Waals surface area contributed by atoms with E-state index in [2.05, 4.69) is 40.1 Å². The second kappa shape index (κ2) is 5.47. The molecule has 0 unspecified atom stereocenters. The normalized spacial score (nSPS) is 11.5. The maximum atomic E-state index is 9.39. The van der Waals surface area contributed by atoms with Crippen molar-refractivity contribution in [2.45, 2.75) is 32.2 Å². The SMILES string of the molecule is CCC(CC)(CO)Nc1ccc(Br)cn1. The molecule has 0 aliphatic rings. The zero-order valence-corrected chi connectivity index (χ0v) is 10.7. The third-order valence-corrected chi connectivity index (χ3v) is 3.25. The number of aliphatic hydroxyl groups is 1. The third kappa shape index (κ3) is 3.18. The van der Waals surface area contributed by atoms with Crippen molar-refractivity contribution in [3.05, 3.63) is 22.8 Å². The monoisotopic (exact) mass is 272 g/mol. The van der Waals surface area contributed by atoms with E-state index in [1.807, 2.05) is 12.1 Å². The number of anilines is 1. The maximum Gasteiger partial charge on any atom is 0.126 e. The van der Waals surface area contributed by atoms with Crippen molar-refractivity contribution in [2.75, 3.05) is 11.9 Å². The maximum absolute atomic E-state index is 9.39. The Morgan fingerprint density at radius 1 is 1.40 bits per heavy atom. The van der Waals surface area contributed by atoms with Gasteiger partial charge in [0, 0.05) is 10.7 Å². The lowest BCUT2D eigenvalue weighted by Gasteiger charge is -2.31. The van der Waals surface area contributed by atoms with Crippen LogP contribution in [-0.4, -0.2) is 22.2 Å². The van der Waals surface area contributed by atoms with Crippen molar-refractivity contribution in [3.63, 3.8) is 0 Å². The third-order valence-electron chi connectivity index (χ3n) is 2.78. The molecule has 0 bridgehead atoms. The molecule has 0 saturated heterocycles. The van der Waals surface area contributed by atoms with E-state index in [0.29, 0.717) is 0 Å². The molecule has 0 radical (unpaired) electrons. The van der Waals surface area contributed by atoms with Gasteiger partial charge >= 0.3 is 0 Å². The lowest BCUT2D eigenvalue weighted by molar-refractivity contribution is 0.202. The quantitative estimate of drug-likeness (QED) is 0.867. The van der Waals surface area contributed by atoms with Crippen LogP contribution in [-0.2, 0) is 0 Å². The molecule has 0 amide bonds. The zero-order valence-electron chi connectivity index (χ0n) is 9.13. The second-order valence-corrected chi connectivity index (χ2v) is 4.55. The van der Waals surface area contributed by atoms with Gasteiger partial charge in [0.2, 0.25) is 0 Å². The van der Waals surface area contributed by atoms with Crippen LogP contribution in [0.1, 0.15) is 26.7 Å². The minimum atomic E-state index is -0.249. The first kappa shape index (κ1) is 12.5. The van der Waals surface area contributed by atoms with Gasteiger partial charge in [0.25, 0.3) is 0 Å². The van der Waals surface area contributed by atoms with Gasteiger partial charge in [-0.1, -0.05) is 13.8 Å². The summed E-state index contributed by atoms with van der Waals surface area (Å²) >= 11 is 3.34. The number of hydrogen-bond donors (Lipinski definition) is 2. The molecule has 0 saturated carbocycles. The van der Waals surface area contributed by atoms with E-state index < -0.39 is 0 Å². The smallest absolute Gasteiger partial charge is 0.126 e. The van der Waals surface area contributed by atoms with Crippen LogP contribution in [0.25, 0.3) is 0 Å². The highest BCUT2D eigenvalue weighted by molar-refractivity contribution is 9.10. The van der Waals surface area contributed by atoms with Crippen molar-refractivity contribution in [1.82, 2.24) is 4.98 Å². The summed E-state index contributed by atoms with van der Waals surface area (Å²) in [5.74, 6) is 0.802. The van der Waals surface area contributed by atoms with E-state index in [1.165, 1.54) is 0 Å². The number of aliphatic hydroxyl groups excluding tert-OH is 1. The van der Waals surface area contributed by atoms with Gasteiger partial charge in [-0.15, -0.1) is 0 Å². The Hall–Kier alpha value is -0.610. The Kier molecular flexibility index (Phi) is 4.54. The molecule has 0 fully saturated rings. The van der Waals surface area contributed by atoms with Crippen molar-refractivity contribution < 1.29 is 5.11 Å². The number of aromatic nitrogens is 1. The summed E-state index contributed by atoms with van der Waals surface area (Å²) in [7, 11) is 0. The van der Waals surface area contributed by atoms with Gasteiger partial charge in [-0.25, -0.2) is 4.98 Å². The van der Waals surface area contributed by atoms with Crippen molar-refractivity contribution >= 4 is 21.7 Å². The van der Waals surface area contributed by atoms with Crippen LogP contribution in [0.4, 0.5) is 5.82 Å². The molecule has 3 nitrogen and oxygen atoms in total. The van der Waals surface area contributed by atoms with E-state index in [4.69, 9.17) is 0 Å². The average molecular weight is 273 g/mol. The Labute approximate surface area is 99.1 Å². The highest BCUT2D eigenvalue weighted by Crippen LogP contribution is 2.21. The predicted octanol–water partition coefficient (Wildman–Crippen LogP) is 2.81. The number of nitrogens with one attached hydrogen (secondary N) is 1. The van der Waals surface area contributed by atoms with E-state index >= 15 is 0 Å². The molecule has 4 heteroatoms. The van der Waals surface area contributed by atoms with E-state index in [1.54, 1.807) is 6.20 Å². The van der Waals surface area contributed by atoms with Crippen LogP contribution in [0, 0.1) is 0 Å². The fraction of sp³-hybridized carbons (Fsp3) is 0.545. The Morgan fingerprint density at radius 3 is 2.47 bits per heavy atom. The summed E-state index contributed by atoms with van der Waals surface area (Å²) in [6.07, 6.45) is 3.49. The van der Waals surface area contributed by atoms with E-state index in [0.717, 1.165) is 23.1 Å². The molecule has 15 heavy (non-hydrogen) atoms. The molecule has 1 aromatic rings. The fourth-order valence-electron chi connectivity index (χ4n) is 1.41. The van der Waals surface area contributed by atoms with Gasteiger partial charge in [0.1, 0.15) is 5.82 Å². The summed E-state index contributed by atoms with van der Waals surface area (Å²) in [4.78, 5) is 4.24. The number of rotatable bonds is 5. The molecule has 1 aromatic heterocycles. The van der Waals surface area contributed by atoms with Gasteiger partial charge in [-0.3, -0.25) is 0 Å². The van der Waals surface area contributed by atoms with Gasteiger partial charge in [0.15, 0.2) is 0 Å². The van der Waals surface area contributed by atoms with Crippen molar-refractivity contribution in [3.8, 4) is 0 Å². The lowest BCUT2D eigenvalue weighted by Crippen LogP contribution is -2.41. The van der Waals surface area contributed by atoms with Crippen LogP contribution in [0.2, 0.25) is 0 Å². The Bertz CT molecular complexity index is 288. The van der Waals surface area contributed by atoms with Gasteiger partial charge in [-0.2, -0.15) is 0 Å². The molecular formula is C11H17BrN2O. The Balaban J connectivity index is 2.78. The number of pyridine rings is 1. The fourth-order valence-corrected chi connectivity index (χ4v) is 1.65. The highest BCUT2D eigenvalue weighted by atomic mass is 79.9.